The van der Waals surface area contributed by atoms with Crippen LogP contribution in [0.5, 0.6) is 0 Å². The van der Waals surface area contributed by atoms with E-state index in [2.05, 4.69) is 4.98 Å². The minimum absolute atomic E-state index is 0. The Bertz CT molecular complexity index is 312. The minimum Gasteiger partial charge on any atom is -0.339 e. The van der Waals surface area contributed by atoms with Crippen molar-refractivity contribution in [3.8, 4) is 0 Å². The lowest BCUT2D eigenvalue weighted by molar-refractivity contribution is -0.127. The first kappa shape index (κ1) is 25.5. The standard InChI is InChI=1S/C10H12N2O.5CH4/c1-12-9(4-5-10(12)13)8-3-2-6-11-7-8;;;;;/h2-3,6-7,9H,4-5H2,1H3;5*1H4/t9-;;;;;/m0...../s1. The van der Waals surface area contributed by atoms with Crippen molar-refractivity contribution < 1.29 is 4.79 Å². The van der Waals surface area contributed by atoms with Gasteiger partial charge >= 0.3 is 0 Å². The number of carbonyl (C=O) groups is 1. The molecule has 0 aliphatic carbocycles. The van der Waals surface area contributed by atoms with Crippen LogP contribution in [0.2, 0.25) is 0 Å². The number of rotatable bonds is 1. The molecule has 0 unspecified atom stereocenters. The van der Waals surface area contributed by atoms with Crippen molar-refractivity contribution in [3.05, 3.63) is 30.1 Å². The fourth-order valence-electron chi connectivity index (χ4n) is 1.77. The number of carbonyl (C=O) groups excluding carboxylic acids is 1. The summed E-state index contributed by atoms with van der Waals surface area (Å²) < 4.78 is 0. The van der Waals surface area contributed by atoms with E-state index in [0.29, 0.717) is 6.42 Å². The van der Waals surface area contributed by atoms with Crippen molar-refractivity contribution in [2.45, 2.75) is 56.0 Å². The Kier molecular flexibility index (Phi) is 15.2. The van der Waals surface area contributed by atoms with E-state index in [1.54, 1.807) is 11.1 Å². The molecule has 0 bridgehead atoms. The van der Waals surface area contributed by atoms with Gasteiger partial charge in [-0.1, -0.05) is 43.2 Å². The third-order valence-corrected chi connectivity index (χ3v) is 2.56. The molecule has 0 aromatic carbocycles. The molecule has 0 radical (unpaired) electrons. The van der Waals surface area contributed by atoms with Crippen LogP contribution in [-0.2, 0) is 4.79 Å². The van der Waals surface area contributed by atoms with Crippen LogP contribution in [0.4, 0.5) is 0 Å². The smallest absolute Gasteiger partial charge is 0.222 e. The van der Waals surface area contributed by atoms with Gasteiger partial charge in [0.15, 0.2) is 0 Å². The van der Waals surface area contributed by atoms with Crippen molar-refractivity contribution in [1.29, 1.82) is 0 Å². The zero-order chi connectivity index (χ0) is 9.26. The van der Waals surface area contributed by atoms with E-state index in [-0.39, 0.29) is 49.1 Å². The van der Waals surface area contributed by atoms with Gasteiger partial charge in [0.1, 0.15) is 0 Å². The van der Waals surface area contributed by atoms with Gasteiger partial charge in [-0.3, -0.25) is 9.78 Å². The van der Waals surface area contributed by atoms with Gasteiger partial charge in [0.2, 0.25) is 5.91 Å². The highest BCUT2D eigenvalue weighted by atomic mass is 16.2. The largest absolute Gasteiger partial charge is 0.339 e. The lowest BCUT2D eigenvalue weighted by Gasteiger charge is -2.19. The molecule has 0 saturated carbocycles. The maximum absolute atomic E-state index is 11.3. The summed E-state index contributed by atoms with van der Waals surface area (Å²) in [5.41, 5.74) is 1.14. The Balaban J connectivity index is -0.000000196. The summed E-state index contributed by atoms with van der Waals surface area (Å²) in [4.78, 5) is 17.1. The van der Waals surface area contributed by atoms with Crippen molar-refractivity contribution in [1.82, 2.24) is 9.88 Å². The van der Waals surface area contributed by atoms with E-state index in [1.165, 1.54) is 0 Å². The first-order valence-corrected chi connectivity index (χ1v) is 4.44. The molecular formula is C15H32N2O. The van der Waals surface area contributed by atoms with Gasteiger partial charge in [-0.25, -0.2) is 0 Å². The third-order valence-electron chi connectivity index (χ3n) is 2.56. The van der Waals surface area contributed by atoms with E-state index >= 15 is 0 Å². The van der Waals surface area contributed by atoms with E-state index in [4.69, 9.17) is 0 Å². The maximum atomic E-state index is 11.3. The summed E-state index contributed by atoms with van der Waals surface area (Å²) in [5, 5.41) is 0. The summed E-state index contributed by atoms with van der Waals surface area (Å²) in [5.74, 6) is 0.230. The van der Waals surface area contributed by atoms with Gasteiger partial charge in [0.25, 0.3) is 0 Å². The van der Waals surface area contributed by atoms with Crippen molar-refractivity contribution in [2.75, 3.05) is 7.05 Å². The van der Waals surface area contributed by atoms with Crippen LogP contribution in [0.15, 0.2) is 24.5 Å². The second-order valence-corrected chi connectivity index (χ2v) is 3.35. The van der Waals surface area contributed by atoms with Crippen LogP contribution < -0.4 is 0 Å². The molecule has 2 heterocycles. The van der Waals surface area contributed by atoms with E-state index in [9.17, 15) is 4.79 Å². The maximum Gasteiger partial charge on any atom is 0.222 e. The molecule has 1 aromatic rings. The highest BCUT2D eigenvalue weighted by molar-refractivity contribution is 5.78. The van der Waals surface area contributed by atoms with Crippen LogP contribution in [0.3, 0.4) is 0 Å². The van der Waals surface area contributed by atoms with E-state index < -0.39 is 0 Å². The van der Waals surface area contributed by atoms with Crippen molar-refractivity contribution in [3.63, 3.8) is 0 Å². The Labute approximate surface area is 114 Å². The van der Waals surface area contributed by atoms with Crippen LogP contribution in [0.1, 0.15) is 61.6 Å². The highest BCUT2D eigenvalue weighted by Gasteiger charge is 2.28. The summed E-state index contributed by atoms with van der Waals surface area (Å²) >= 11 is 0. The normalized spacial score (nSPS) is 16.2. The minimum atomic E-state index is 0. The highest BCUT2D eigenvalue weighted by Crippen LogP contribution is 2.30. The quantitative estimate of drug-likeness (QED) is 0.738. The molecule has 1 fully saturated rings. The Morgan fingerprint density at radius 3 is 2.22 bits per heavy atom. The van der Waals surface area contributed by atoms with Gasteiger partial charge in [0.05, 0.1) is 6.04 Å². The summed E-state index contributed by atoms with van der Waals surface area (Å²) in [6.07, 6.45) is 5.16. The first-order chi connectivity index (χ1) is 6.29. The van der Waals surface area contributed by atoms with Crippen LogP contribution >= 0.6 is 0 Å². The molecule has 1 aliphatic rings. The molecule has 3 heteroatoms. The average molecular weight is 256 g/mol. The fraction of sp³-hybridized carbons (Fsp3) is 0.600. The van der Waals surface area contributed by atoms with Gasteiger partial charge in [-0.05, 0) is 18.1 Å². The molecule has 18 heavy (non-hydrogen) atoms. The van der Waals surface area contributed by atoms with Crippen molar-refractivity contribution >= 4 is 5.91 Å². The van der Waals surface area contributed by atoms with E-state index in [0.717, 1.165) is 12.0 Å². The molecule has 0 spiro atoms. The van der Waals surface area contributed by atoms with Gasteiger partial charge in [0, 0.05) is 25.9 Å². The number of pyridine rings is 1. The van der Waals surface area contributed by atoms with Gasteiger partial charge < -0.3 is 4.90 Å². The lowest BCUT2D eigenvalue weighted by Crippen LogP contribution is -2.22. The number of likely N-dealkylation sites (tertiary alicyclic amines) is 1. The summed E-state index contributed by atoms with van der Waals surface area (Å²) in [6, 6.07) is 4.17. The molecule has 1 amide bonds. The molecule has 0 N–H and O–H groups in total. The first-order valence-electron chi connectivity index (χ1n) is 4.44. The second kappa shape index (κ2) is 10.8. The van der Waals surface area contributed by atoms with Gasteiger partial charge in [-0.2, -0.15) is 0 Å². The Morgan fingerprint density at radius 1 is 1.22 bits per heavy atom. The predicted molar refractivity (Wildman–Crippen MR) is 82.6 cm³/mol. The molecule has 3 nitrogen and oxygen atoms in total. The second-order valence-electron chi connectivity index (χ2n) is 3.35. The van der Waals surface area contributed by atoms with Crippen molar-refractivity contribution in [2.24, 2.45) is 0 Å². The molecule has 1 saturated heterocycles. The molecule has 1 aliphatic heterocycles. The summed E-state index contributed by atoms with van der Waals surface area (Å²) in [7, 11) is 1.85. The number of aromatic nitrogens is 1. The summed E-state index contributed by atoms with van der Waals surface area (Å²) in [6.45, 7) is 0. The van der Waals surface area contributed by atoms with Gasteiger partial charge in [-0.15, -0.1) is 0 Å². The number of hydrogen-bond donors (Lipinski definition) is 0. The molecule has 1 aromatic heterocycles. The lowest BCUT2D eigenvalue weighted by atomic mass is 10.1. The molecule has 108 valence electrons. The predicted octanol–water partition coefficient (Wildman–Crippen LogP) is 4.56. The van der Waals surface area contributed by atoms with E-state index in [1.807, 2.05) is 25.4 Å². The Morgan fingerprint density at radius 2 is 1.83 bits per heavy atom. The average Bonchev–Trinajstić information content (AvgIpc) is 2.49. The zero-order valence-electron chi connectivity index (χ0n) is 7.60. The molecular weight excluding hydrogens is 224 g/mol. The number of hydrogen-bond acceptors (Lipinski definition) is 2. The number of amides is 1. The van der Waals surface area contributed by atoms with Crippen LogP contribution in [0, 0.1) is 0 Å². The van der Waals surface area contributed by atoms with Crippen LogP contribution in [0.25, 0.3) is 0 Å². The molecule has 2 rings (SSSR count). The zero-order valence-corrected chi connectivity index (χ0v) is 7.60. The monoisotopic (exact) mass is 256 g/mol. The Hall–Kier alpha value is -1.38. The topological polar surface area (TPSA) is 33.2 Å². The SMILES string of the molecule is C.C.C.C.C.CN1C(=O)CC[C@H]1c1cccnc1. The molecule has 1 atom stereocenters. The number of nitrogens with zero attached hydrogens (tertiary/aromatic N) is 2. The third kappa shape index (κ3) is 4.86. The van der Waals surface area contributed by atoms with Crippen LogP contribution in [-0.4, -0.2) is 22.8 Å². The fourth-order valence-corrected chi connectivity index (χ4v) is 1.77.